The Morgan fingerprint density at radius 1 is 1.21 bits per heavy atom. The summed E-state index contributed by atoms with van der Waals surface area (Å²) < 4.78 is 6.36. The van der Waals surface area contributed by atoms with Gasteiger partial charge in [-0.2, -0.15) is 0 Å². The monoisotopic (exact) mass is 548 g/mol. The maximum Gasteiger partial charge on any atom is 0.316 e. The van der Waals surface area contributed by atoms with E-state index < -0.39 is 23.0 Å². The van der Waals surface area contributed by atoms with Gasteiger partial charge in [-0.05, 0) is 62.2 Å². The highest BCUT2D eigenvalue weighted by Gasteiger charge is 2.68. The third-order valence-electron chi connectivity index (χ3n) is 11.2. The van der Waals surface area contributed by atoms with Crippen molar-refractivity contribution >= 4 is 29.4 Å². The molecule has 0 saturated heterocycles. The number of likely N-dealkylation sites (N-methyl/N-ethyl adjacent to an activating group) is 1. The summed E-state index contributed by atoms with van der Waals surface area (Å²) in [4.78, 5) is 38.4. The minimum atomic E-state index is -0.653. The average molecular weight is 549 g/mol. The standard InChI is InChI=1S/C30H48N2O5S/c1-7-28(4)15-23(37-25(35)17-38-21-9-8-20(14-21)32-16-24(34)31-6)29(5)18(2)10-12-30(19(3)27(28)36)13-11-22(33)26(29)30/h7,18-21,23,26-27,32,36H,1,8-17H2,2-6H3,(H,31,34)/t18-,19+,20?,21?,23-,26+,27+,28-,29+,30?/m1/s1. The maximum absolute atomic E-state index is 13.5. The Kier molecular flexibility index (Phi) is 8.76. The molecule has 4 aliphatic rings. The number of aliphatic hydroxyl groups is 1. The Morgan fingerprint density at radius 3 is 2.63 bits per heavy atom. The molecule has 0 spiro atoms. The molecule has 0 radical (unpaired) electrons. The normalized spacial score (nSPS) is 44.6. The first kappa shape index (κ1) is 29.6. The van der Waals surface area contributed by atoms with Gasteiger partial charge < -0.3 is 20.5 Å². The van der Waals surface area contributed by atoms with Crippen molar-refractivity contribution < 1.29 is 24.2 Å². The van der Waals surface area contributed by atoms with Gasteiger partial charge in [0.05, 0.1) is 18.4 Å². The zero-order valence-electron chi connectivity index (χ0n) is 23.9. The van der Waals surface area contributed by atoms with Gasteiger partial charge in [0.1, 0.15) is 11.9 Å². The molecular weight excluding hydrogens is 500 g/mol. The maximum atomic E-state index is 13.5. The first-order valence-corrected chi connectivity index (χ1v) is 15.6. The molecule has 0 aliphatic heterocycles. The SMILES string of the molecule is C=C[C@]1(C)C[C@@H](OC(=O)CSC2CCC(NCC(=O)NC)C2)[C@]2(C)[C@H](C)CCC3(CCC(=O)[C@H]32)[C@@H](C)[C@@H]1O. The van der Waals surface area contributed by atoms with Crippen molar-refractivity contribution in [2.24, 2.45) is 34.0 Å². The molecule has 0 aromatic carbocycles. The predicted octanol–water partition coefficient (Wildman–Crippen LogP) is 3.88. The van der Waals surface area contributed by atoms with Gasteiger partial charge in [-0.1, -0.05) is 33.8 Å². The summed E-state index contributed by atoms with van der Waals surface area (Å²) in [5, 5.41) is 17.9. The number of amides is 1. The molecule has 1 amide bonds. The minimum absolute atomic E-state index is 0.0230. The van der Waals surface area contributed by atoms with Crippen LogP contribution in [-0.2, 0) is 19.1 Å². The van der Waals surface area contributed by atoms with Crippen LogP contribution in [0.25, 0.3) is 0 Å². The summed E-state index contributed by atoms with van der Waals surface area (Å²) in [5.41, 5.74) is -1.36. The molecule has 0 aromatic heterocycles. The number of hydrogen-bond acceptors (Lipinski definition) is 7. The van der Waals surface area contributed by atoms with Crippen molar-refractivity contribution in [3.8, 4) is 0 Å². The van der Waals surface area contributed by atoms with E-state index in [-0.39, 0.29) is 52.6 Å². The van der Waals surface area contributed by atoms with E-state index in [1.165, 1.54) is 0 Å². The van der Waals surface area contributed by atoms with Crippen LogP contribution in [0.1, 0.15) is 79.1 Å². The molecular formula is C30H48N2O5S. The Hall–Kier alpha value is -1.38. The van der Waals surface area contributed by atoms with Crippen molar-refractivity contribution in [1.29, 1.82) is 0 Å². The molecule has 4 saturated carbocycles. The van der Waals surface area contributed by atoms with Gasteiger partial charge in [0.2, 0.25) is 5.91 Å². The van der Waals surface area contributed by atoms with Gasteiger partial charge >= 0.3 is 5.97 Å². The summed E-state index contributed by atoms with van der Waals surface area (Å²) in [6, 6.07) is 0.284. The van der Waals surface area contributed by atoms with Crippen molar-refractivity contribution in [3.05, 3.63) is 12.7 Å². The van der Waals surface area contributed by atoms with Crippen LogP contribution >= 0.6 is 11.8 Å². The third kappa shape index (κ3) is 5.10. The van der Waals surface area contributed by atoms with E-state index in [1.54, 1.807) is 18.8 Å². The fraction of sp³-hybridized carbons (Fsp3) is 0.833. The summed E-state index contributed by atoms with van der Waals surface area (Å²) >= 11 is 1.63. The summed E-state index contributed by atoms with van der Waals surface area (Å²) in [6.07, 6.45) is 7.34. The van der Waals surface area contributed by atoms with Crippen molar-refractivity contribution in [1.82, 2.24) is 10.6 Å². The molecule has 38 heavy (non-hydrogen) atoms. The average Bonchev–Trinajstić information content (AvgIpc) is 3.51. The van der Waals surface area contributed by atoms with E-state index in [2.05, 4.69) is 38.0 Å². The van der Waals surface area contributed by atoms with Gasteiger partial charge in [-0.3, -0.25) is 14.4 Å². The number of Topliss-reactive ketones (excluding diaryl/α,β-unsaturated/α-hetero) is 1. The molecule has 0 heterocycles. The quantitative estimate of drug-likeness (QED) is 0.312. The Morgan fingerprint density at radius 2 is 1.95 bits per heavy atom. The largest absolute Gasteiger partial charge is 0.461 e. The summed E-state index contributed by atoms with van der Waals surface area (Å²) in [7, 11) is 1.63. The smallest absolute Gasteiger partial charge is 0.316 e. The number of ether oxygens (including phenoxy) is 1. The van der Waals surface area contributed by atoms with E-state index >= 15 is 0 Å². The number of nitrogens with one attached hydrogen (secondary N) is 2. The fourth-order valence-corrected chi connectivity index (χ4v) is 9.59. The lowest BCUT2D eigenvalue weighted by molar-refractivity contribution is -0.205. The molecule has 4 aliphatic carbocycles. The van der Waals surface area contributed by atoms with Crippen molar-refractivity contribution in [2.45, 2.75) is 103 Å². The lowest BCUT2D eigenvalue weighted by Crippen LogP contribution is -2.63. The van der Waals surface area contributed by atoms with Gasteiger partial charge in [-0.25, -0.2) is 0 Å². The molecule has 4 rings (SSSR count). The van der Waals surface area contributed by atoms with Gasteiger partial charge in [-0.15, -0.1) is 18.3 Å². The van der Waals surface area contributed by atoms with Crippen LogP contribution in [0.2, 0.25) is 0 Å². The molecule has 10 atom stereocenters. The number of carbonyl (C=O) groups is 3. The summed E-state index contributed by atoms with van der Waals surface area (Å²) in [5.74, 6) is 0.264. The molecule has 0 aromatic rings. The highest BCUT2D eigenvalue weighted by molar-refractivity contribution is 8.00. The minimum Gasteiger partial charge on any atom is -0.461 e. The molecule has 4 fully saturated rings. The van der Waals surface area contributed by atoms with Crippen molar-refractivity contribution in [2.75, 3.05) is 19.3 Å². The first-order chi connectivity index (χ1) is 17.9. The molecule has 8 heteroatoms. The Labute approximate surface area is 232 Å². The van der Waals surface area contributed by atoms with E-state index in [4.69, 9.17) is 4.74 Å². The predicted molar refractivity (Wildman–Crippen MR) is 151 cm³/mol. The highest BCUT2D eigenvalue weighted by Crippen LogP contribution is 2.68. The van der Waals surface area contributed by atoms with Crippen LogP contribution in [0.3, 0.4) is 0 Å². The number of aliphatic hydroxyl groups excluding tert-OH is 1. The second-order valence-electron chi connectivity index (χ2n) is 13.1. The zero-order chi connectivity index (χ0) is 27.9. The van der Waals surface area contributed by atoms with Crippen LogP contribution in [0.15, 0.2) is 12.7 Å². The number of esters is 1. The van der Waals surface area contributed by atoms with Crippen LogP contribution in [-0.4, -0.2) is 65.6 Å². The zero-order valence-corrected chi connectivity index (χ0v) is 24.7. The lowest BCUT2D eigenvalue weighted by atomic mass is 9.44. The molecule has 7 nitrogen and oxygen atoms in total. The van der Waals surface area contributed by atoms with E-state index in [9.17, 15) is 19.5 Å². The molecule has 3 unspecified atom stereocenters. The Bertz CT molecular complexity index is 944. The molecule has 2 bridgehead atoms. The van der Waals surface area contributed by atoms with Crippen LogP contribution in [0.4, 0.5) is 0 Å². The number of ketones is 1. The lowest BCUT2D eigenvalue weighted by Gasteiger charge is -2.61. The number of carbonyl (C=O) groups excluding carboxylic acids is 3. The van der Waals surface area contributed by atoms with E-state index in [1.807, 2.05) is 13.0 Å². The van der Waals surface area contributed by atoms with E-state index in [0.717, 1.165) is 38.5 Å². The number of thioether (sulfide) groups is 1. The highest BCUT2D eigenvalue weighted by atomic mass is 32.2. The van der Waals surface area contributed by atoms with Crippen LogP contribution in [0.5, 0.6) is 0 Å². The van der Waals surface area contributed by atoms with Crippen molar-refractivity contribution in [3.63, 3.8) is 0 Å². The first-order valence-electron chi connectivity index (χ1n) is 14.5. The third-order valence-corrected chi connectivity index (χ3v) is 12.5. The van der Waals surface area contributed by atoms with Gasteiger partial charge in [0.15, 0.2) is 0 Å². The molecule has 3 N–H and O–H groups in total. The van der Waals surface area contributed by atoms with Gasteiger partial charge in [0, 0.05) is 41.5 Å². The van der Waals surface area contributed by atoms with Crippen LogP contribution in [0, 0.1) is 34.0 Å². The number of rotatable bonds is 8. The van der Waals surface area contributed by atoms with Gasteiger partial charge in [0.25, 0.3) is 0 Å². The van der Waals surface area contributed by atoms with Crippen LogP contribution < -0.4 is 10.6 Å². The Balaban J connectivity index is 1.50. The summed E-state index contributed by atoms with van der Waals surface area (Å²) in [6.45, 7) is 12.9. The second kappa shape index (κ2) is 11.2. The molecule has 214 valence electrons. The number of hydrogen-bond donors (Lipinski definition) is 3. The fourth-order valence-electron chi connectivity index (χ4n) is 8.48. The van der Waals surface area contributed by atoms with E-state index in [0.29, 0.717) is 24.6 Å². The second-order valence-corrected chi connectivity index (χ2v) is 14.4. The topological polar surface area (TPSA) is 105 Å².